The number of ether oxygens (including phenoxy) is 1. The highest BCUT2D eigenvalue weighted by atomic mass is 16.5. The van der Waals surface area contributed by atoms with Crippen LogP contribution in [0.25, 0.3) is 16.9 Å². The van der Waals surface area contributed by atoms with Crippen LogP contribution in [0.2, 0.25) is 0 Å². The molecule has 28 heavy (non-hydrogen) atoms. The van der Waals surface area contributed by atoms with E-state index in [-0.39, 0.29) is 12.0 Å². The van der Waals surface area contributed by atoms with Crippen LogP contribution < -0.4 is 5.32 Å². The first-order valence-electron chi connectivity index (χ1n) is 9.79. The lowest BCUT2D eigenvalue weighted by Gasteiger charge is -2.09. The summed E-state index contributed by atoms with van der Waals surface area (Å²) >= 11 is 0. The average Bonchev–Trinajstić information content (AvgIpc) is 3.43. The molecule has 7 heteroatoms. The molecule has 4 rings (SSSR count). The molecule has 148 valence electrons. The van der Waals surface area contributed by atoms with E-state index < -0.39 is 0 Å². The molecule has 1 amide bonds. The lowest BCUT2D eigenvalue weighted by atomic mass is 10.2. The van der Waals surface area contributed by atoms with Crippen LogP contribution in [0.4, 0.5) is 0 Å². The van der Waals surface area contributed by atoms with Gasteiger partial charge in [0.05, 0.1) is 11.6 Å². The molecule has 1 fully saturated rings. The van der Waals surface area contributed by atoms with E-state index in [1.807, 2.05) is 34.9 Å². The molecule has 1 saturated heterocycles. The van der Waals surface area contributed by atoms with Crippen molar-refractivity contribution < 1.29 is 9.53 Å². The van der Waals surface area contributed by atoms with Crippen molar-refractivity contribution in [2.24, 2.45) is 0 Å². The van der Waals surface area contributed by atoms with Gasteiger partial charge < -0.3 is 19.5 Å². The summed E-state index contributed by atoms with van der Waals surface area (Å²) in [7, 11) is 4.13. The molecule has 1 atom stereocenters. The van der Waals surface area contributed by atoms with Crippen LogP contribution in [0.15, 0.2) is 42.9 Å². The summed E-state index contributed by atoms with van der Waals surface area (Å²) in [5.74, 6) is 0.624. The van der Waals surface area contributed by atoms with Crippen LogP contribution in [-0.2, 0) is 11.3 Å². The van der Waals surface area contributed by atoms with Gasteiger partial charge in [-0.25, -0.2) is 4.98 Å². The lowest BCUT2D eigenvalue weighted by molar-refractivity contribution is 0.0855. The molecular formula is C21H27N5O2. The standard InChI is InChI=1S/C21H27N5O2/c1-24(2)11-12-25-10-8-16(15-25)20-23-19(18-7-3-4-9-26(18)20)21(27)22-14-17-6-5-13-28-17/h3-4,7-10,15,17H,5-6,11-14H2,1-2H3,(H,22,27). The number of carbonyl (C=O) groups is 1. The molecule has 0 radical (unpaired) electrons. The summed E-state index contributed by atoms with van der Waals surface area (Å²) in [4.78, 5) is 19.6. The molecule has 0 saturated carbocycles. The Bertz CT molecular complexity index is 953. The van der Waals surface area contributed by atoms with Gasteiger partial charge >= 0.3 is 0 Å². The van der Waals surface area contributed by atoms with Crippen LogP contribution >= 0.6 is 0 Å². The third kappa shape index (κ3) is 3.95. The third-order valence-corrected chi connectivity index (χ3v) is 5.09. The predicted molar refractivity (Wildman–Crippen MR) is 108 cm³/mol. The van der Waals surface area contributed by atoms with Gasteiger partial charge in [0.1, 0.15) is 5.82 Å². The minimum absolute atomic E-state index is 0.114. The summed E-state index contributed by atoms with van der Waals surface area (Å²) in [6, 6.07) is 7.86. The summed E-state index contributed by atoms with van der Waals surface area (Å²) in [5, 5.41) is 2.99. The van der Waals surface area contributed by atoms with Gasteiger partial charge in [0.25, 0.3) is 5.91 Å². The minimum Gasteiger partial charge on any atom is -0.376 e. The fourth-order valence-electron chi connectivity index (χ4n) is 3.53. The Kier molecular flexibility index (Phi) is 5.45. The van der Waals surface area contributed by atoms with E-state index >= 15 is 0 Å². The van der Waals surface area contributed by atoms with Crippen molar-refractivity contribution in [3.63, 3.8) is 0 Å². The molecular weight excluding hydrogens is 354 g/mol. The highest BCUT2D eigenvalue weighted by Gasteiger charge is 2.21. The summed E-state index contributed by atoms with van der Waals surface area (Å²) in [6.45, 7) is 3.18. The molecule has 0 spiro atoms. The first-order chi connectivity index (χ1) is 13.6. The molecule has 1 aliphatic rings. The minimum atomic E-state index is -0.155. The fourth-order valence-corrected chi connectivity index (χ4v) is 3.53. The fraction of sp³-hybridized carbons (Fsp3) is 0.429. The highest BCUT2D eigenvalue weighted by molar-refractivity contribution is 6.00. The molecule has 7 nitrogen and oxygen atoms in total. The molecule has 1 N–H and O–H groups in total. The first kappa shape index (κ1) is 18.7. The molecule has 3 aromatic rings. The smallest absolute Gasteiger partial charge is 0.272 e. The van der Waals surface area contributed by atoms with E-state index in [1.165, 1.54) is 0 Å². The molecule has 4 heterocycles. The quantitative estimate of drug-likeness (QED) is 0.682. The Balaban J connectivity index is 1.58. The maximum atomic E-state index is 12.8. The van der Waals surface area contributed by atoms with Crippen molar-refractivity contribution in [1.29, 1.82) is 0 Å². The van der Waals surface area contributed by atoms with Gasteiger partial charge in [-0.3, -0.25) is 9.20 Å². The SMILES string of the molecule is CN(C)CCn1ccc(-c2nc(C(=O)NCC3CCCO3)c3ccccn23)c1. The Labute approximate surface area is 164 Å². The molecule has 0 bridgehead atoms. The van der Waals surface area contributed by atoms with Crippen molar-refractivity contribution in [1.82, 2.24) is 24.2 Å². The van der Waals surface area contributed by atoms with Gasteiger partial charge in [0.2, 0.25) is 0 Å². The number of amides is 1. The number of aromatic nitrogens is 3. The number of pyridine rings is 1. The maximum absolute atomic E-state index is 12.8. The van der Waals surface area contributed by atoms with Crippen molar-refractivity contribution in [2.45, 2.75) is 25.5 Å². The average molecular weight is 381 g/mol. The second kappa shape index (κ2) is 8.16. The van der Waals surface area contributed by atoms with Crippen LogP contribution in [-0.4, -0.2) is 64.7 Å². The normalized spacial score (nSPS) is 16.9. The van der Waals surface area contributed by atoms with Gasteiger partial charge in [-0.1, -0.05) is 6.07 Å². The van der Waals surface area contributed by atoms with Crippen LogP contribution in [0, 0.1) is 0 Å². The largest absolute Gasteiger partial charge is 0.376 e. The van der Waals surface area contributed by atoms with Gasteiger partial charge in [-0.05, 0) is 45.1 Å². The number of carbonyl (C=O) groups excluding carboxylic acids is 1. The summed E-state index contributed by atoms with van der Waals surface area (Å²) in [6.07, 6.45) is 8.26. The van der Waals surface area contributed by atoms with Gasteiger partial charge in [0.15, 0.2) is 5.69 Å². The zero-order chi connectivity index (χ0) is 19.5. The topological polar surface area (TPSA) is 63.8 Å². The van der Waals surface area contributed by atoms with E-state index in [4.69, 9.17) is 9.72 Å². The number of imidazole rings is 1. The number of hydrogen-bond donors (Lipinski definition) is 1. The van der Waals surface area contributed by atoms with Crippen molar-refractivity contribution in [3.8, 4) is 11.4 Å². The van der Waals surface area contributed by atoms with Crippen molar-refractivity contribution in [3.05, 3.63) is 48.5 Å². The number of nitrogens with zero attached hydrogens (tertiary/aromatic N) is 4. The predicted octanol–water partition coefficient (Wildman–Crippen LogP) is 2.27. The number of rotatable bonds is 7. The van der Waals surface area contributed by atoms with E-state index in [0.29, 0.717) is 12.2 Å². The highest BCUT2D eigenvalue weighted by Crippen LogP contribution is 2.23. The van der Waals surface area contributed by atoms with Crippen LogP contribution in [0.5, 0.6) is 0 Å². The lowest BCUT2D eigenvalue weighted by Crippen LogP contribution is -2.32. The number of hydrogen-bond acceptors (Lipinski definition) is 4. The number of likely N-dealkylation sites (N-methyl/N-ethyl adjacent to an activating group) is 1. The zero-order valence-corrected chi connectivity index (χ0v) is 16.5. The second-order valence-electron chi connectivity index (χ2n) is 7.53. The Hall–Kier alpha value is -2.64. The molecule has 0 aliphatic carbocycles. The molecule has 0 aromatic carbocycles. The van der Waals surface area contributed by atoms with Crippen molar-refractivity contribution >= 4 is 11.4 Å². The van der Waals surface area contributed by atoms with Crippen molar-refractivity contribution in [2.75, 3.05) is 33.8 Å². The first-order valence-corrected chi connectivity index (χ1v) is 9.79. The molecule has 3 aromatic heterocycles. The third-order valence-electron chi connectivity index (χ3n) is 5.09. The van der Waals surface area contributed by atoms with E-state index in [2.05, 4.69) is 41.3 Å². The van der Waals surface area contributed by atoms with Gasteiger partial charge in [-0.2, -0.15) is 0 Å². The van der Waals surface area contributed by atoms with Gasteiger partial charge in [-0.15, -0.1) is 0 Å². The molecule has 1 aliphatic heterocycles. The van der Waals surface area contributed by atoms with Crippen LogP contribution in [0.3, 0.4) is 0 Å². The van der Waals surface area contributed by atoms with Crippen LogP contribution in [0.1, 0.15) is 23.3 Å². The number of fused-ring (bicyclic) bond motifs is 1. The van der Waals surface area contributed by atoms with Gasteiger partial charge in [0, 0.05) is 50.4 Å². The monoisotopic (exact) mass is 381 g/mol. The van der Waals surface area contributed by atoms with E-state index in [1.54, 1.807) is 0 Å². The molecule has 1 unspecified atom stereocenters. The number of nitrogens with one attached hydrogen (secondary N) is 1. The Morgan fingerprint density at radius 2 is 2.21 bits per heavy atom. The second-order valence-corrected chi connectivity index (χ2v) is 7.53. The Morgan fingerprint density at radius 1 is 1.32 bits per heavy atom. The van der Waals surface area contributed by atoms with E-state index in [9.17, 15) is 4.79 Å². The summed E-state index contributed by atoms with van der Waals surface area (Å²) in [5.41, 5.74) is 2.26. The van der Waals surface area contributed by atoms with E-state index in [0.717, 1.165) is 49.4 Å². The summed E-state index contributed by atoms with van der Waals surface area (Å²) < 4.78 is 9.73. The Morgan fingerprint density at radius 3 is 3.00 bits per heavy atom. The zero-order valence-electron chi connectivity index (χ0n) is 16.5. The maximum Gasteiger partial charge on any atom is 0.272 e.